The number of nitrogens with zero attached hydrogens (tertiary/aromatic N) is 3. The van der Waals surface area contributed by atoms with Crippen molar-refractivity contribution < 1.29 is 14.4 Å². The molecule has 1 aliphatic heterocycles. The van der Waals surface area contributed by atoms with Gasteiger partial charge in [0.05, 0.1) is 6.54 Å². The first kappa shape index (κ1) is 23.5. The van der Waals surface area contributed by atoms with Crippen LogP contribution in [-0.2, 0) is 9.59 Å². The topological polar surface area (TPSA) is 85.0 Å². The summed E-state index contributed by atoms with van der Waals surface area (Å²) in [4.78, 5) is 42.0. The molecule has 0 radical (unpaired) electrons. The Morgan fingerprint density at radius 1 is 1.03 bits per heavy atom. The van der Waals surface area contributed by atoms with Crippen molar-refractivity contribution in [2.24, 2.45) is 0 Å². The summed E-state index contributed by atoms with van der Waals surface area (Å²) < 4.78 is 0. The molecule has 1 aromatic rings. The Balaban J connectivity index is 1.86. The van der Waals surface area contributed by atoms with Gasteiger partial charge in [0.25, 0.3) is 0 Å². The quantitative estimate of drug-likeness (QED) is 0.681. The van der Waals surface area contributed by atoms with Gasteiger partial charge in [-0.25, -0.2) is 4.79 Å². The van der Waals surface area contributed by atoms with Gasteiger partial charge in [-0.3, -0.25) is 9.59 Å². The van der Waals surface area contributed by atoms with Crippen LogP contribution >= 0.6 is 0 Å². The molecule has 0 saturated carbocycles. The maximum atomic E-state index is 12.3. The summed E-state index contributed by atoms with van der Waals surface area (Å²) >= 11 is 0. The minimum Gasteiger partial charge on any atom is -0.368 e. The van der Waals surface area contributed by atoms with Gasteiger partial charge in [0.1, 0.15) is 0 Å². The fourth-order valence-corrected chi connectivity index (χ4v) is 3.42. The second-order valence-electron chi connectivity index (χ2n) is 7.84. The standard InChI is InChI=1S/C22H35N5O3/c1-5-11-27(21(29)6-2)16-20(28)24-18-7-9-19(10-8-18)25-12-14-26(15-13-25)22(30)23-17(3)4/h7-10,17H,5-6,11-16H2,1-4H3,(H,23,30)(H,24,28). The Morgan fingerprint density at radius 2 is 1.67 bits per heavy atom. The van der Waals surface area contributed by atoms with Crippen molar-refractivity contribution in [1.82, 2.24) is 15.1 Å². The van der Waals surface area contributed by atoms with Crippen molar-refractivity contribution in [3.8, 4) is 0 Å². The number of anilines is 2. The highest BCUT2D eigenvalue weighted by atomic mass is 16.2. The molecule has 0 aromatic heterocycles. The lowest BCUT2D eigenvalue weighted by Crippen LogP contribution is -2.52. The van der Waals surface area contributed by atoms with E-state index in [9.17, 15) is 14.4 Å². The molecule has 0 unspecified atom stereocenters. The van der Waals surface area contributed by atoms with Crippen molar-refractivity contribution >= 4 is 29.2 Å². The highest BCUT2D eigenvalue weighted by Crippen LogP contribution is 2.19. The van der Waals surface area contributed by atoms with E-state index in [1.165, 1.54) is 0 Å². The fourth-order valence-electron chi connectivity index (χ4n) is 3.42. The van der Waals surface area contributed by atoms with Crippen molar-refractivity contribution in [2.45, 2.75) is 46.6 Å². The van der Waals surface area contributed by atoms with E-state index < -0.39 is 0 Å². The van der Waals surface area contributed by atoms with Crippen LogP contribution in [0.15, 0.2) is 24.3 Å². The van der Waals surface area contributed by atoms with Crippen molar-refractivity contribution in [3.05, 3.63) is 24.3 Å². The first-order chi connectivity index (χ1) is 14.3. The highest BCUT2D eigenvalue weighted by Gasteiger charge is 2.21. The zero-order valence-corrected chi connectivity index (χ0v) is 18.6. The number of nitrogens with one attached hydrogen (secondary N) is 2. The first-order valence-corrected chi connectivity index (χ1v) is 10.8. The SMILES string of the molecule is CCCN(CC(=O)Nc1ccc(N2CCN(C(=O)NC(C)C)CC2)cc1)C(=O)CC. The van der Waals surface area contributed by atoms with Crippen molar-refractivity contribution in [2.75, 3.05) is 49.5 Å². The summed E-state index contributed by atoms with van der Waals surface area (Å²) in [5, 5.41) is 5.80. The summed E-state index contributed by atoms with van der Waals surface area (Å²) in [6.07, 6.45) is 1.22. The maximum Gasteiger partial charge on any atom is 0.317 e. The predicted octanol–water partition coefficient (Wildman–Crippen LogP) is 2.51. The molecular formula is C22H35N5O3. The first-order valence-electron chi connectivity index (χ1n) is 10.8. The number of urea groups is 1. The van der Waals surface area contributed by atoms with E-state index in [0.717, 1.165) is 25.2 Å². The highest BCUT2D eigenvalue weighted by molar-refractivity contribution is 5.94. The molecule has 0 bridgehead atoms. The monoisotopic (exact) mass is 417 g/mol. The largest absolute Gasteiger partial charge is 0.368 e. The number of hydrogen-bond acceptors (Lipinski definition) is 4. The van der Waals surface area contributed by atoms with Crippen LogP contribution < -0.4 is 15.5 Å². The van der Waals surface area contributed by atoms with Crippen LogP contribution in [0.4, 0.5) is 16.2 Å². The van der Waals surface area contributed by atoms with Gasteiger partial charge in [0.2, 0.25) is 11.8 Å². The Bertz CT molecular complexity index is 712. The van der Waals surface area contributed by atoms with Gasteiger partial charge in [-0.15, -0.1) is 0 Å². The number of carbonyl (C=O) groups excluding carboxylic acids is 3. The molecule has 8 heteroatoms. The minimum atomic E-state index is -0.192. The third-order valence-corrected chi connectivity index (χ3v) is 4.98. The third-order valence-electron chi connectivity index (χ3n) is 4.98. The van der Waals surface area contributed by atoms with Crippen molar-refractivity contribution in [3.63, 3.8) is 0 Å². The van der Waals surface area contributed by atoms with Gasteiger partial charge in [-0.2, -0.15) is 0 Å². The second kappa shape index (κ2) is 11.4. The average molecular weight is 418 g/mol. The molecule has 0 aliphatic carbocycles. The molecule has 1 saturated heterocycles. The van der Waals surface area contributed by atoms with Crippen LogP contribution in [0.1, 0.15) is 40.5 Å². The van der Waals surface area contributed by atoms with Crippen LogP contribution in [0.25, 0.3) is 0 Å². The number of benzene rings is 1. The number of hydrogen-bond donors (Lipinski definition) is 2. The van der Waals surface area contributed by atoms with E-state index >= 15 is 0 Å². The Morgan fingerprint density at radius 3 is 2.20 bits per heavy atom. The van der Waals surface area contributed by atoms with Gasteiger partial charge >= 0.3 is 6.03 Å². The number of amides is 4. The molecule has 4 amide bonds. The zero-order valence-electron chi connectivity index (χ0n) is 18.6. The Kier molecular flexibility index (Phi) is 8.95. The smallest absolute Gasteiger partial charge is 0.317 e. The molecule has 1 aromatic carbocycles. The van der Waals surface area contributed by atoms with Gasteiger partial charge in [-0.1, -0.05) is 13.8 Å². The molecule has 166 valence electrons. The molecule has 30 heavy (non-hydrogen) atoms. The number of piperazine rings is 1. The van der Waals surface area contributed by atoms with E-state index in [2.05, 4.69) is 15.5 Å². The zero-order chi connectivity index (χ0) is 22.1. The summed E-state index contributed by atoms with van der Waals surface area (Å²) in [6, 6.07) is 7.81. The molecule has 0 spiro atoms. The van der Waals surface area contributed by atoms with Crippen LogP contribution in [0.2, 0.25) is 0 Å². The minimum absolute atomic E-state index is 0.0106. The fraction of sp³-hybridized carbons (Fsp3) is 0.591. The molecule has 2 rings (SSSR count). The third kappa shape index (κ3) is 6.93. The van der Waals surface area contributed by atoms with E-state index in [-0.39, 0.29) is 30.4 Å². The molecule has 8 nitrogen and oxygen atoms in total. The lowest BCUT2D eigenvalue weighted by Gasteiger charge is -2.36. The number of rotatable bonds is 8. The average Bonchev–Trinajstić information content (AvgIpc) is 2.73. The summed E-state index contributed by atoms with van der Waals surface area (Å²) in [6.45, 7) is 11.2. The summed E-state index contributed by atoms with van der Waals surface area (Å²) in [5.41, 5.74) is 1.77. The second-order valence-corrected chi connectivity index (χ2v) is 7.84. The van der Waals surface area contributed by atoms with E-state index in [4.69, 9.17) is 0 Å². The predicted molar refractivity (Wildman–Crippen MR) is 120 cm³/mol. The molecule has 2 N–H and O–H groups in total. The number of carbonyl (C=O) groups is 3. The molecule has 1 heterocycles. The van der Waals surface area contributed by atoms with Crippen LogP contribution in [0, 0.1) is 0 Å². The molecule has 1 fully saturated rings. The lowest BCUT2D eigenvalue weighted by molar-refractivity contribution is -0.134. The summed E-state index contributed by atoms with van der Waals surface area (Å²) in [5.74, 6) is -0.202. The maximum absolute atomic E-state index is 12.3. The van der Waals surface area contributed by atoms with Gasteiger partial charge in [0, 0.05) is 56.6 Å². The van der Waals surface area contributed by atoms with E-state index in [0.29, 0.717) is 31.7 Å². The van der Waals surface area contributed by atoms with E-state index in [1.54, 1.807) is 11.8 Å². The molecular weight excluding hydrogens is 382 g/mol. The Hall–Kier alpha value is -2.77. The summed E-state index contributed by atoms with van der Waals surface area (Å²) in [7, 11) is 0. The van der Waals surface area contributed by atoms with Gasteiger partial charge in [0.15, 0.2) is 0 Å². The van der Waals surface area contributed by atoms with Crippen LogP contribution in [-0.4, -0.2) is 73.0 Å². The van der Waals surface area contributed by atoms with Crippen molar-refractivity contribution in [1.29, 1.82) is 0 Å². The normalized spacial score (nSPS) is 13.9. The van der Waals surface area contributed by atoms with Gasteiger partial charge < -0.3 is 25.3 Å². The molecule has 0 atom stereocenters. The molecule has 1 aliphatic rings. The lowest BCUT2D eigenvalue weighted by atomic mass is 10.2. The Labute approximate surface area is 179 Å². The van der Waals surface area contributed by atoms with Gasteiger partial charge in [-0.05, 0) is 44.5 Å². The van der Waals surface area contributed by atoms with Crippen LogP contribution in [0.5, 0.6) is 0 Å². The van der Waals surface area contributed by atoms with Crippen LogP contribution in [0.3, 0.4) is 0 Å². The van der Waals surface area contributed by atoms with E-state index in [1.807, 2.05) is 49.9 Å².